The molecule has 0 N–H and O–H groups in total. The average molecular weight is 202 g/mol. The van der Waals surface area contributed by atoms with Crippen LogP contribution in [0.2, 0.25) is 0 Å². The molecular formula is C11H22OS. The first-order chi connectivity index (χ1) is 5.72. The summed E-state index contributed by atoms with van der Waals surface area (Å²) in [6, 6.07) is 0. The maximum Gasteiger partial charge on any atom is 0.130 e. The number of thioether (sulfide) groups is 1. The second-order valence-corrected chi connectivity index (χ2v) is 6.98. The van der Waals surface area contributed by atoms with Gasteiger partial charge in [0.05, 0.1) is 0 Å². The number of rotatable bonds is 4. The van der Waals surface area contributed by atoms with E-state index in [1.807, 2.05) is 11.8 Å². The first kappa shape index (κ1) is 13.0. The molecule has 0 fully saturated rings. The first-order valence-corrected chi connectivity index (χ1v) is 5.77. The van der Waals surface area contributed by atoms with Gasteiger partial charge in [0, 0.05) is 16.4 Å². The van der Waals surface area contributed by atoms with Crippen molar-refractivity contribution in [3.05, 3.63) is 0 Å². The molecule has 0 rings (SSSR count). The van der Waals surface area contributed by atoms with Crippen LogP contribution in [0.5, 0.6) is 0 Å². The summed E-state index contributed by atoms with van der Waals surface area (Å²) in [6.07, 6.45) is 0.708. The summed E-state index contributed by atoms with van der Waals surface area (Å²) in [5.74, 6) is 0.878. The molecule has 0 aromatic carbocycles. The van der Waals surface area contributed by atoms with Crippen LogP contribution in [-0.2, 0) is 4.79 Å². The molecule has 0 spiro atoms. The van der Waals surface area contributed by atoms with Gasteiger partial charge in [0.25, 0.3) is 0 Å². The minimum absolute atomic E-state index is 0.254. The van der Waals surface area contributed by atoms with Gasteiger partial charge >= 0.3 is 0 Å². The smallest absolute Gasteiger partial charge is 0.130 e. The number of ketones is 1. The van der Waals surface area contributed by atoms with E-state index in [-0.39, 0.29) is 4.75 Å². The van der Waals surface area contributed by atoms with E-state index in [9.17, 15) is 4.79 Å². The van der Waals surface area contributed by atoms with Crippen LogP contribution in [0.4, 0.5) is 0 Å². The molecule has 13 heavy (non-hydrogen) atoms. The van der Waals surface area contributed by atoms with Crippen molar-refractivity contribution in [2.75, 3.05) is 0 Å². The topological polar surface area (TPSA) is 17.1 Å². The van der Waals surface area contributed by atoms with Crippen LogP contribution >= 0.6 is 11.8 Å². The summed E-state index contributed by atoms with van der Waals surface area (Å²) in [4.78, 5) is 11.0. The molecule has 0 bridgehead atoms. The van der Waals surface area contributed by atoms with Gasteiger partial charge in [-0.3, -0.25) is 4.79 Å². The summed E-state index contributed by atoms with van der Waals surface area (Å²) < 4.78 is 0.254. The Morgan fingerprint density at radius 1 is 1.31 bits per heavy atom. The van der Waals surface area contributed by atoms with Crippen molar-refractivity contribution in [2.45, 2.75) is 58.0 Å². The van der Waals surface area contributed by atoms with Crippen molar-refractivity contribution in [1.82, 2.24) is 0 Å². The second-order valence-electron chi connectivity index (χ2n) is 4.92. The van der Waals surface area contributed by atoms with E-state index in [1.165, 1.54) is 0 Å². The fraction of sp³-hybridized carbons (Fsp3) is 0.909. The predicted molar refractivity (Wildman–Crippen MR) is 61.3 cm³/mol. The average Bonchev–Trinajstić information content (AvgIpc) is 1.81. The molecule has 1 atom stereocenters. The summed E-state index contributed by atoms with van der Waals surface area (Å²) in [5, 5.41) is 0.470. The lowest BCUT2D eigenvalue weighted by atomic mass is 10.1. The van der Waals surface area contributed by atoms with Gasteiger partial charge in [-0.15, -0.1) is 0 Å². The van der Waals surface area contributed by atoms with E-state index in [1.54, 1.807) is 6.92 Å². The fourth-order valence-corrected chi connectivity index (χ4v) is 2.65. The lowest BCUT2D eigenvalue weighted by Crippen LogP contribution is -2.22. The van der Waals surface area contributed by atoms with Crippen molar-refractivity contribution in [1.29, 1.82) is 0 Å². The summed E-state index contributed by atoms with van der Waals surface area (Å²) in [7, 11) is 0. The Labute approximate surface area is 86.7 Å². The highest BCUT2D eigenvalue weighted by Gasteiger charge is 2.22. The number of hydrogen-bond donors (Lipinski definition) is 0. The fourth-order valence-electron chi connectivity index (χ4n) is 1.15. The van der Waals surface area contributed by atoms with Gasteiger partial charge in [-0.05, 0) is 12.8 Å². The lowest BCUT2D eigenvalue weighted by Gasteiger charge is -2.27. The maximum absolute atomic E-state index is 11.0. The zero-order chi connectivity index (χ0) is 10.6. The van der Waals surface area contributed by atoms with Crippen molar-refractivity contribution >= 4 is 17.5 Å². The van der Waals surface area contributed by atoms with Crippen molar-refractivity contribution in [2.24, 2.45) is 5.92 Å². The molecule has 2 heteroatoms. The quantitative estimate of drug-likeness (QED) is 0.694. The second kappa shape index (κ2) is 5.04. The maximum atomic E-state index is 11.0. The van der Waals surface area contributed by atoms with E-state index in [0.717, 1.165) is 0 Å². The predicted octanol–water partition coefficient (Wildman–Crippen LogP) is 3.52. The molecule has 0 amide bonds. The molecule has 0 saturated carbocycles. The van der Waals surface area contributed by atoms with Gasteiger partial charge in [-0.1, -0.05) is 34.6 Å². The molecule has 78 valence electrons. The van der Waals surface area contributed by atoms with Gasteiger partial charge < -0.3 is 0 Å². The Hall–Kier alpha value is 0.0200. The number of Topliss-reactive ketones (excluding diaryl/α,β-unsaturated/α-hetero) is 1. The summed E-state index contributed by atoms with van der Waals surface area (Å²) >= 11 is 1.92. The number of hydrogen-bond acceptors (Lipinski definition) is 2. The Morgan fingerprint density at radius 3 is 2.00 bits per heavy atom. The number of carbonyl (C=O) groups is 1. The standard InChI is InChI=1S/C11H22OS/c1-8(2)10(7-9(3)12)13-11(4,5)6/h8,10H,7H2,1-6H3/t10-/m0/s1. The zero-order valence-corrected chi connectivity index (χ0v) is 10.5. The third kappa shape index (κ3) is 7.12. The Morgan fingerprint density at radius 2 is 1.77 bits per heavy atom. The summed E-state index contributed by atoms with van der Waals surface area (Å²) in [6.45, 7) is 12.7. The molecular weight excluding hydrogens is 180 g/mol. The highest BCUT2D eigenvalue weighted by molar-refractivity contribution is 8.01. The lowest BCUT2D eigenvalue weighted by molar-refractivity contribution is -0.117. The molecule has 1 nitrogen and oxygen atoms in total. The minimum atomic E-state index is 0.254. The SMILES string of the molecule is CC(=O)C[C@H](SC(C)(C)C)C(C)C. The molecule has 0 aliphatic rings. The van der Waals surface area contributed by atoms with Crippen molar-refractivity contribution in [3.8, 4) is 0 Å². The Kier molecular flexibility index (Phi) is 5.05. The normalized spacial score (nSPS) is 14.7. The van der Waals surface area contributed by atoms with Gasteiger partial charge in [0.1, 0.15) is 5.78 Å². The Bertz CT molecular complexity index is 167. The van der Waals surface area contributed by atoms with Gasteiger partial charge in [-0.25, -0.2) is 0 Å². The monoisotopic (exact) mass is 202 g/mol. The van der Waals surface area contributed by atoms with Crippen molar-refractivity contribution < 1.29 is 4.79 Å². The van der Waals surface area contributed by atoms with E-state index >= 15 is 0 Å². The molecule has 0 heterocycles. The molecule has 0 saturated heterocycles. The van der Waals surface area contributed by atoms with Gasteiger partial charge in [-0.2, -0.15) is 11.8 Å². The van der Waals surface area contributed by atoms with Crippen LogP contribution in [0.3, 0.4) is 0 Å². The third-order valence-electron chi connectivity index (χ3n) is 1.74. The van der Waals surface area contributed by atoms with Crippen LogP contribution in [0, 0.1) is 5.92 Å². The van der Waals surface area contributed by atoms with E-state index in [4.69, 9.17) is 0 Å². The molecule has 0 radical (unpaired) electrons. The minimum Gasteiger partial charge on any atom is -0.300 e. The summed E-state index contributed by atoms with van der Waals surface area (Å²) in [5.41, 5.74) is 0. The van der Waals surface area contributed by atoms with E-state index < -0.39 is 0 Å². The van der Waals surface area contributed by atoms with Crippen LogP contribution in [0.15, 0.2) is 0 Å². The van der Waals surface area contributed by atoms with E-state index in [0.29, 0.717) is 23.4 Å². The highest BCUT2D eigenvalue weighted by atomic mass is 32.2. The van der Waals surface area contributed by atoms with Crippen LogP contribution in [0.25, 0.3) is 0 Å². The molecule has 0 aliphatic carbocycles. The first-order valence-electron chi connectivity index (χ1n) is 4.89. The van der Waals surface area contributed by atoms with Crippen molar-refractivity contribution in [3.63, 3.8) is 0 Å². The molecule has 0 aromatic rings. The van der Waals surface area contributed by atoms with Crippen LogP contribution in [0.1, 0.15) is 48.0 Å². The Balaban J connectivity index is 4.19. The molecule has 0 aliphatic heterocycles. The largest absolute Gasteiger partial charge is 0.300 e. The third-order valence-corrected chi connectivity index (χ3v) is 3.46. The zero-order valence-electron chi connectivity index (χ0n) is 9.68. The number of carbonyl (C=O) groups excluding carboxylic acids is 1. The van der Waals surface area contributed by atoms with E-state index in [2.05, 4.69) is 34.6 Å². The van der Waals surface area contributed by atoms with Crippen LogP contribution in [-0.4, -0.2) is 15.8 Å². The molecule has 0 unspecified atom stereocenters. The van der Waals surface area contributed by atoms with Gasteiger partial charge in [0.15, 0.2) is 0 Å². The van der Waals surface area contributed by atoms with Crippen LogP contribution < -0.4 is 0 Å². The highest BCUT2D eigenvalue weighted by Crippen LogP contribution is 2.33. The molecule has 0 aromatic heterocycles. The van der Waals surface area contributed by atoms with Gasteiger partial charge in [0.2, 0.25) is 0 Å².